The molecule has 3 aromatic carbocycles. The van der Waals surface area contributed by atoms with Gasteiger partial charge in [0.05, 0.1) is 10.9 Å². The second kappa shape index (κ2) is 35.6. The largest absolute Gasteiger partial charge is 0.166 e. The minimum Gasteiger partial charge on any atom is -0.0683 e. The average molecular weight is 486 g/mol. The lowest BCUT2D eigenvalue weighted by Crippen LogP contribution is -2.04. The molecule has 0 saturated carbocycles. The molecular formula is C33H57S+. The van der Waals surface area contributed by atoms with Crippen LogP contribution in [0.15, 0.2) is 106 Å². The van der Waals surface area contributed by atoms with E-state index in [2.05, 4.69) is 133 Å². The zero-order chi connectivity index (χ0) is 27.0. The number of hydrogen-bond acceptors (Lipinski definition) is 0. The average Bonchev–Trinajstić information content (AvgIpc) is 2.91. The molecule has 0 aromatic heterocycles. The van der Waals surface area contributed by atoms with Crippen molar-refractivity contribution in [2.75, 3.05) is 0 Å². The number of rotatable bonds is 3. The SMILES string of the molecule is CC.CC.CC.CCC.CCC.CCC.c1ccc([S+](c2ccccc2)c2ccccc2)cc1. The van der Waals surface area contributed by atoms with Crippen LogP contribution < -0.4 is 0 Å². The van der Waals surface area contributed by atoms with E-state index in [4.69, 9.17) is 0 Å². The molecule has 0 nitrogen and oxygen atoms in total. The molecule has 3 aromatic rings. The van der Waals surface area contributed by atoms with Gasteiger partial charge in [-0.05, 0) is 36.4 Å². The van der Waals surface area contributed by atoms with Crippen LogP contribution in [0.4, 0.5) is 0 Å². The van der Waals surface area contributed by atoms with Crippen LogP contribution in [0.25, 0.3) is 0 Å². The van der Waals surface area contributed by atoms with Gasteiger partial charge in [0.25, 0.3) is 0 Å². The molecule has 0 aliphatic rings. The number of hydrogen-bond donors (Lipinski definition) is 0. The van der Waals surface area contributed by atoms with Gasteiger partial charge in [-0.3, -0.25) is 0 Å². The second-order valence-corrected chi connectivity index (χ2v) is 8.39. The highest BCUT2D eigenvalue weighted by molar-refractivity contribution is 7.97. The first kappa shape index (κ1) is 39.2. The van der Waals surface area contributed by atoms with Crippen LogP contribution in [-0.4, -0.2) is 0 Å². The summed E-state index contributed by atoms with van der Waals surface area (Å²) in [6, 6.07) is 32.2. The van der Waals surface area contributed by atoms with Gasteiger partial charge in [0.2, 0.25) is 0 Å². The monoisotopic (exact) mass is 485 g/mol. The van der Waals surface area contributed by atoms with E-state index in [0.717, 1.165) is 0 Å². The van der Waals surface area contributed by atoms with Crippen molar-refractivity contribution < 1.29 is 0 Å². The Hall–Kier alpha value is -1.99. The topological polar surface area (TPSA) is 0 Å². The highest BCUT2D eigenvalue weighted by Gasteiger charge is 2.27. The van der Waals surface area contributed by atoms with Crippen molar-refractivity contribution in [3.05, 3.63) is 91.0 Å². The van der Waals surface area contributed by atoms with E-state index in [1.54, 1.807) is 0 Å². The van der Waals surface area contributed by atoms with Gasteiger partial charge in [-0.1, -0.05) is 157 Å². The summed E-state index contributed by atoms with van der Waals surface area (Å²) < 4.78 is 0. The van der Waals surface area contributed by atoms with Crippen LogP contribution in [0.1, 0.15) is 102 Å². The van der Waals surface area contributed by atoms with Crippen LogP contribution in [0.3, 0.4) is 0 Å². The van der Waals surface area contributed by atoms with Crippen molar-refractivity contribution in [2.45, 2.75) is 117 Å². The Morgan fingerprint density at radius 1 is 0.353 bits per heavy atom. The maximum absolute atomic E-state index is 2.21. The van der Waals surface area contributed by atoms with E-state index < -0.39 is 0 Å². The molecular weight excluding hydrogens is 428 g/mol. The molecule has 0 heterocycles. The third-order valence-corrected chi connectivity index (χ3v) is 5.17. The smallest absolute Gasteiger partial charge is 0.0683 e. The summed E-state index contributed by atoms with van der Waals surface area (Å²) in [6.45, 7) is 24.8. The van der Waals surface area contributed by atoms with Crippen molar-refractivity contribution >= 4 is 10.9 Å². The minimum absolute atomic E-state index is 0.0146. The molecule has 0 amide bonds. The summed E-state index contributed by atoms with van der Waals surface area (Å²) >= 11 is 0. The first-order valence-electron chi connectivity index (χ1n) is 13.6. The van der Waals surface area contributed by atoms with Crippen molar-refractivity contribution in [3.63, 3.8) is 0 Å². The Morgan fingerprint density at radius 3 is 0.647 bits per heavy atom. The summed E-state index contributed by atoms with van der Waals surface area (Å²) in [5.74, 6) is 0. The van der Waals surface area contributed by atoms with Gasteiger partial charge in [0.1, 0.15) is 0 Å². The number of benzene rings is 3. The van der Waals surface area contributed by atoms with E-state index in [1.165, 1.54) is 33.9 Å². The van der Waals surface area contributed by atoms with Crippen LogP contribution in [0, 0.1) is 0 Å². The molecule has 0 N–H and O–H groups in total. The van der Waals surface area contributed by atoms with E-state index in [-0.39, 0.29) is 10.9 Å². The molecule has 0 atom stereocenters. The molecule has 1 heteroatoms. The zero-order valence-electron chi connectivity index (χ0n) is 24.7. The molecule has 0 saturated heterocycles. The van der Waals surface area contributed by atoms with Crippen LogP contribution >= 0.6 is 0 Å². The normalized spacial score (nSPS) is 8.03. The van der Waals surface area contributed by atoms with Gasteiger partial charge in [0, 0.05) is 0 Å². The summed E-state index contributed by atoms with van der Waals surface area (Å²) in [5, 5.41) is 0. The Balaban J connectivity index is -0.000000253. The fourth-order valence-electron chi connectivity index (χ4n) is 2.08. The lowest BCUT2D eigenvalue weighted by molar-refractivity contribution is 1.09. The third-order valence-electron chi connectivity index (χ3n) is 2.94. The molecule has 3 rings (SSSR count). The summed E-state index contributed by atoms with van der Waals surface area (Å²) in [5.41, 5.74) is 0. The van der Waals surface area contributed by atoms with E-state index in [0.29, 0.717) is 0 Å². The zero-order valence-corrected chi connectivity index (χ0v) is 25.5. The molecule has 0 radical (unpaired) electrons. The van der Waals surface area contributed by atoms with Gasteiger partial charge in [-0.25, -0.2) is 0 Å². The van der Waals surface area contributed by atoms with Gasteiger partial charge in [-0.2, -0.15) is 0 Å². The fraction of sp³-hybridized carbons (Fsp3) is 0.455. The molecule has 0 aliphatic carbocycles. The van der Waals surface area contributed by atoms with Gasteiger partial charge >= 0.3 is 0 Å². The molecule has 0 fully saturated rings. The Labute approximate surface area is 218 Å². The summed E-state index contributed by atoms with van der Waals surface area (Å²) in [7, 11) is -0.0146. The fourth-order valence-corrected chi connectivity index (χ4v) is 4.18. The van der Waals surface area contributed by atoms with Gasteiger partial charge < -0.3 is 0 Å². The first-order chi connectivity index (χ1) is 16.7. The van der Waals surface area contributed by atoms with Crippen molar-refractivity contribution in [2.24, 2.45) is 0 Å². The molecule has 0 spiro atoms. The standard InChI is InChI=1S/C18H15S.3C3H8.3C2H6/c1-4-10-16(11-5-1)19(17-12-6-2-7-13-17)18-14-8-3-9-15-18;3*1-3-2;3*1-2/h1-15H;3*3H2,1-2H3;3*1-2H3/q+1;;;;;;. The van der Waals surface area contributed by atoms with E-state index in [9.17, 15) is 0 Å². The Morgan fingerprint density at radius 2 is 0.500 bits per heavy atom. The van der Waals surface area contributed by atoms with Crippen LogP contribution in [-0.2, 0) is 10.9 Å². The summed E-state index contributed by atoms with van der Waals surface area (Å²) in [6.07, 6.45) is 3.75. The lowest BCUT2D eigenvalue weighted by Gasteiger charge is -2.07. The van der Waals surface area contributed by atoms with Gasteiger partial charge in [-0.15, -0.1) is 0 Å². The quantitative estimate of drug-likeness (QED) is 0.323. The van der Waals surface area contributed by atoms with Crippen LogP contribution in [0.2, 0.25) is 0 Å². The van der Waals surface area contributed by atoms with Crippen LogP contribution in [0.5, 0.6) is 0 Å². The second-order valence-electron chi connectivity index (χ2n) is 6.37. The van der Waals surface area contributed by atoms with Crippen molar-refractivity contribution in [3.8, 4) is 0 Å². The lowest BCUT2D eigenvalue weighted by atomic mass is 10.4. The van der Waals surface area contributed by atoms with Crippen molar-refractivity contribution in [1.82, 2.24) is 0 Å². The predicted molar refractivity (Wildman–Crippen MR) is 163 cm³/mol. The first-order valence-corrected chi connectivity index (χ1v) is 14.8. The molecule has 0 aliphatic heterocycles. The Bertz CT molecular complexity index is 564. The van der Waals surface area contributed by atoms with E-state index >= 15 is 0 Å². The molecule has 194 valence electrons. The maximum Gasteiger partial charge on any atom is 0.166 e. The minimum atomic E-state index is -0.0146. The predicted octanol–water partition coefficient (Wildman–Crippen LogP) is 12.1. The van der Waals surface area contributed by atoms with Gasteiger partial charge in [0.15, 0.2) is 14.7 Å². The molecule has 0 bridgehead atoms. The highest BCUT2D eigenvalue weighted by atomic mass is 32.2. The van der Waals surface area contributed by atoms with E-state index in [1.807, 2.05) is 41.5 Å². The third kappa shape index (κ3) is 21.8. The molecule has 0 unspecified atom stereocenters. The Kier molecular flexibility index (Phi) is 41.1. The highest BCUT2D eigenvalue weighted by Crippen LogP contribution is 2.30. The molecule has 34 heavy (non-hydrogen) atoms. The summed E-state index contributed by atoms with van der Waals surface area (Å²) in [4.78, 5) is 4.08. The maximum atomic E-state index is 2.21. The van der Waals surface area contributed by atoms with Crippen molar-refractivity contribution in [1.29, 1.82) is 0 Å².